The first-order chi connectivity index (χ1) is 12.1. The van der Waals surface area contributed by atoms with E-state index in [2.05, 4.69) is 4.90 Å². The lowest BCUT2D eigenvalue weighted by atomic mass is 9.86. The van der Waals surface area contributed by atoms with Crippen molar-refractivity contribution in [3.63, 3.8) is 0 Å². The molecule has 4 rings (SSSR count). The third-order valence-corrected chi connectivity index (χ3v) is 5.14. The van der Waals surface area contributed by atoms with Gasteiger partial charge in [0.2, 0.25) is 0 Å². The second kappa shape index (κ2) is 5.92. The van der Waals surface area contributed by atoms with E-state index in [1.165, 1.54) is 12.1 Å². The number of phenols is 1. The van der Waals surface area contributed by atoms with Gasteiger partial charge in [-0.05, 0) is 43.4 Å². The molecular formula is C20H19NO4. The van der Waals surface area contributed by atoms with Gasteiger partial charge in [-0.25, -0.2) is 4.79 Å². The number of carboxylic acid groups (broad SMARTS) is 1. The summed E-state index contributed by atoms with van der Waals surface area (Å²) in [5, 5.41) is 20.1. The van der Waals surface area contributed by atoms with Gasteiger partial charge in [0.25, 0.3) is 0 Å². The van der Waals surface area contributed by atoms with Crippen LogP contribution in [0, 0.1) is 0 Å². The number of hydrogen-bond donors (Lipinski definition) is 2. The molecule has 0 fully saturated rings. The van der Waals surface area contributed by atoms with Crippen molar-refractivity contribution < 1.29 is 19.8 Å². The molecule has 25 heavy (non-hydrogen) atoms. The Morgan fingerprint density at radius 2 is 1.64 bits per heavy atom. The van der Waals surface area contributed by atoms with E-state index in [4.69, 9.17) is 0 Å². The van der Waals surface area contributed by atoms with E-state index >= 15 is 0 Å². The summed E-state index contributed by atoms with van der Waals surface area (Å²) in [5.74, 6) is -1.57. The third-order valence-electron chi connectivity index (χ3n) is 5.14. The zero-order valence-corrected chi connectivity index (χ0v) is 13.8. The standard InChI is InChI=1S/C20H19NO4/c22-18(13-6-1-2-7-14(13)20(24)25)16-11-12-5-3-9-21-10-4-8-15(17(12)21)19(16)23/h1-2,6-7,11,23H,3-5,8-10H2,(H,24,25). The smallest absolute Gasteiger partial charge is 0.336 e. The Hall–Kier alpha value is -2.82. The van der Waals surface area contributed by atoms with Crippen molar-refractivity contribution in [3.05, 3.63) is 58.1 Å². The van der Waals surface area contributed by atoms with Crippen LogP contribution in [-0.2, 0) is 12.8 Å². The summed E-state index contributed by atoms with van der Waals surface area (Å²) in [7, 11) is 0. The van der Waals surface area contributed by atoms with Crippen molar-refractivity contribution in [1.29, 1.82) is 0 Å². The van der Waals surface area contributed by atoms with Crippen LogP contribution in [0.25, 0.3) is 0 Å². The van der Waals surface area contributed by atoms with Crippen LogP contribution in [0.2, 0.25) is 0 Å². The Bertz CT molecular complexity index is 886. The van der Waals surface area contributed by atoms with Crippen molar-refractivity contribution in [2.75, 3.05) is 18.0 Å². The Morgan fingerprint density at radius 3 is 2.36 bits per heavy atom. The number of nitrogens with zero attached hydrogens (tertiary/aromatic N) is 1. The van der Waals surface area contributed by atoms with Crippen molar-refractivity contribution >= 4 is 17.4 Å². The van der Waals surface area contributed by atoms with Crippen molar-refractivity contribution in [1.82, 2.24) is 0 Å². The highest BCUT2D eigenvalue weighted by Crippen LogP contribution is 2.42. The maximum atomic E-state index is 13.0. The molecule has 2 N–H and O–H groups in total. The van der Waals surface area contributed by atoms with E-state index < -0.39 is 11.8 Å². The maximum absolute atomic E-state index is 13.0. The number of aromatic hydroxyl groups is 1. The molecule has 0 saturated heterocycles. The van der Waals surface area contributed by atoms with E-state index in [1.807, 2.05) is 0 Å². The molecule has 2 aromatic rings. The molecule has 5 nitrogen and oxygen atoms in total. The van der Waals surface area contributed by atoms with Gasteiger partial charge in [0.1, 0.15) is 5.75 Å². The monoisotopic (exact) mass is 337 g/mol. The van der Waals surface area contributed by atoms with E-state index in [9.17, 15) is 19.8 Å². The molecule has 0 aliphatic carbocycles. The summed E-state index contributed by atoms with van der Waals surface area (Å²) in [5.41, 5.74) is 3.28. The lowest BCUT2D eigenvalue weighted by Crippen LogP contribution is -2.34. The predicted octanol–water partition coefficient (Wildman–Crippen LogP) is 3.02. The van der Waals surface area contributed by atoms with E-state index in [0.717, 1.165) is 55.6 Å². The number of benzene rings is 2. The van der Waals surface area contributed by atoms with Gasteiger partial charge in [-0.1, -0.05) is 18.2 Å². The molecule has 128 valence electrons. The van der Waals surface area contributed by atoms with Crippen LogP contribution < -0.4 is 4.90 Å². The summed E-state index contributed by atoms with van der Waals surface area (Å²) in [6.45, 7) is 1.96. The minimum Gasteiger partial charge on any atom is -0.507 e. The normalized spacial score (nSPS) is 15.6. The number of rotatable bonds is 3. The molecule has 0 saturated carbocycles. The SMILES string of the molecule is O=C(O)c1ccccc1C(=O)c1cc2c3c(c1O)CCCN3CCC2. The van der Waals surface area contributed by atoms with Gasteiger partial charge in [-0.15, -0.1) is 0 Å². The molecule has 0 bridgehead atoms. The number of hydrogen-bond acceptors (Lipinski definition) is 4. The summed E-state index contributed by atoms with van der Waals surface area (Å²) >= 11 is 0. The Labute approximate surface area is 145 Å². The number of phenolic OH excluding ortho intramolecular Hbond substituents is 1. The second-order valence-corrected chi connectivity index (χ2v) is 6.63. The lowest BCUT2D eigenvalue weighted by molar-refractivity contribution is 0.0692. The predicted molar refractivity (Wildman–Crippen MR) is 93.8 cm³/mol. The number of aromatic carboxylic acids is 1. The fraction of sp³-hybridized carbons (Fsp3) is 0.300. The number of aryl methyl sites for hydroxylation is 1. The van der Waals surface area contributed by atoms with Crippen LogP contribution in [0.4, 0.5) is 5.69 Å². The molecule has 2 aromatic carbocycles. The largest absolute Gasteiger partial charge is 0.507 e. The average molecular weight is 337 g/mol. The van der Waals surface area contributed by atoms with E-state index in [1.54, 1.807) is 18.2 Å². The summed E-state index contributed by atoms with van der Waals surface area (Å²) in [6.07, 6.45) is 3.59. The highest BCUT2D eigenvalue weighted by atomic mass is 16.4. The molecular weight excluding hydrogens is 318 g/mol. The van der Waals surface area contributed by atoms with Crippen molar-refractivity contribution in [2.24, 2.45) is 0 Å². The van der Waals surface area contributed by atoms with Gasteiger partial charge in [0.05, 0.1) is 11.1 Å². The summed E-state index contributed by atoms with van der Waals surface area (Å²) in [6, 6.07) is 7.90. The molecule has 0 spiro atoms. The first-order valence-corrected chi connectivity index (χ1v) is 8.57. The third kappa shape index (κ3) is 2.47. The Kier molecular flexibility index (Phi) is 3.71. The first-order valence-electron chi connectivity index (χ1n) is 8.57. The van der Waals surface area contributed by atoms with Crippen LogP contribution in [-0.4, -0.2) is 35.1 Å². The minimum absolute atomic E-state index is 0.00976. The highest BCUT2D eigenvalue weighted by molar-refractivity contribution is 6.16. The van der Waals surface area contributed by atoms with Gasteiger partial charge < -0.3 is 15.1 Å². The number of carbonyl (C=O) groups is 2. The van der Waals surface area contributed by atoms with Gasteiger partial charge in [0.15, 0.2) is 5.78 Å². The molecule has 5 heteroatoms. The van der Waals surface area contributed by atoms with Gasteiger partial charge in [-0.2, -0.15) is 0 Å². The van der Waals surface area contributed by atoms with Crippen LogP contribution in [0.5, 0.6) is 5.75 Å². The second-order valence-electron chi connectivity index (χ2n) is 6.63. The Morgan fingerprint density at radius 1 is 0.960 bits per heavy atom. The lowest BCUT2D eigenvalue weighted by Gasteiger charge is -2.37. The average Bonchev–Trinajstić information content (AvgIpc) is 2.64. The quantitative estimate of drug-likeness (QED) is 0.842. The number of carbonyl (C=O) groups excluding carboxylic acids is 1. The fourth-order valence-electron chi connectivity index (χ4n) is 4.03. The molecule has 0 unspecified atom stereocenters. The minimum atomic E-state index is -1.14. The first kappa shape index (κ1) is 15.7. The molecule has 2 aliphatic rings. The number of ketones is 1. The zero-order valence-electron chi connectivity index (χ0n) is 13.8. The van der Waals surface area contributed by atoms with Gasteiger partial charge in [0, 0.05) is 29.9 Å². The molecule has 2 heterocycles. The summed E-state index contributed by atoms with van der Waals surface area (Å²) < 4.78 is 0. The fourth-order valence-corrected chi connectivity index (χ4v) is 4.03. The Balaban J connectivity index is 1.87. The molecule has 0 aromatic heterocycles. The number of carboxylic acids is 1. The zero-order chi connectivity index (χ0) is 17.6. The molecule has 0 radical (unpaired) electrons. The molecule has 2 aliphatic heterocycles. The topological polar surface area (TPSA) is 77.8 Å². The molecule has 0 atom stereocenters. The van der Waals surface area contributed by atoms with Crippen molar-refractivity contribution in [2.45, 2.75) is 25.7 Å². The summed E-state index contributed by atoms with van der Waals surface area (Å²) in [4.78, 5) is 26.7. The molecule has 0 amide bonds. The number of anilines is 1. The maximum Gasteiger partial charge on any atom is 0.336 e. The van der Waals surface area contributed by atoms with Crippen LogP contribution in [0.1, 0.15) is 50.2 Å². The van der Waals surface area contributed by atoms with Crippen LogP contribution >= 0.6 is 0 Å². The van der Waals surface area contributed by atoms with Crippen LogP contribution in [0.3, 0.4) is 0 Å². The van der Waals surface area contributed by atoms with Gasteiger partial charge >= 0.3 is 5.97 Å². The highest BCUT2D eigenvalue weighted by Gasteiger charge is 2.30. The van der Waals surface area contributed by atoms with Gasteiger partial charge in [-0.3, -0.25) is 4.79 Å². The van der Waals surface area contributed by atoms with E-state index in [-0.39, 0.29) is 22.4 Å². The van der Waals surface area contributed by atoms with E-state index in [0.29, 0.717) is 0 Å². The van der Waals surface area contributed by atoms with Crippen LogP contribution in [0.15, 0.2) is 30.3 Å². The van der Waals surface area contributed by atoms with Crippen molar-refractivity contribution in [3.8, 4) is 5.75 Å².